The summed E-state index contributed by atoms with van der Waals surface area (Å²) < 4.78 is 14.8. The van der Waals surface area contributed by atoms with Gasteiger partial charge in [-0.1, -0.05) is 17.7 Å². The largest absolute Gasteiger partial charge is 0.298 e. The van der Waals surface area contributed by atoms with Gasteiger partial charge in [-0.25, -0.2) is 9.07 Å². The Morgan fingerprint density at radius 2 is 2.27 bits per heavy atom. The van der Waals surface area contributed by atoms with E-state index in [-0.39, 0.29) is 10.7 Å². The van der Waals surface area contributed by atoms with E-state index in [1.165, 1.54) is 29.2 Å². The predicted molar refractivity (Wildman–Crippen MR) is 53.9 cm³/mol. The van der Waals surface area contributed by atoms with Gasteiger partial charge in [-0.3, -0.25) is 4.79 Å². The summed E-state index contributed by atoms with van der Waals surface area (Å²) in [6.07, 6.45) is 3.43. The van der Waals surface area contributed by atoms with Crippen LogP contribution in [-0.4, -0.2) is 16.1 Å². The molecule has 0 aliphatic carbocycles. The summed E-state index contributed by atoms with van der Waals surface area (Å²) >= 11 is 5.62. The minimum Gasteiger partial charge on any atom is -0.298 e. The van der Waals surface area contributed by atoms with Crippen molar-refractivity contribution in [1.82, 2.24) is 9.78 Å². The Kier molecular flexibility index (Phi) is 2.51. The highest BCUT2D eigenvalue weighted by Gasteiger charge is 2.08. The van der Waals surface area contributed by atoms with Crippen molar-refractivity contribution in [3.63, 3.8) is 0 Å². The fourth-order valence-corrected chi connectivity index (χ4v) is 1.37. The molecule has 3 nitrogen and oxygen atoms in total. The summed E-state index contributed by atoms with van der Waals surface area (Å²) in [5.74, 6) is -0.556. The van der Waals surface area contributed by atoms with E-state index in [2.05, 4.69) is 5.10 Å². The molecule has 0 radical (unpaired) electrons. The van der Waals surface area contributed by atoms with Crippen LogP contribution in [0.2, 0.25) is 5.02 Å². The van der Waals surface area contributed by atoms with Gasteiger partial charge in [-0.05, 0) is 12.1 Å². The average Bonchev–Trinajstić information content (AvgIpc) is 2.70. The number of carbonyl (C=O) groups excluding carboxylic acids is 1. The Labute approximate surface area is 90.1 Å². The van der Waals surface area contributed by atoms with Crippen LogP contribution in [0.1, 0.15) is 10.4 Å². The molecular weight excluding hydrogens is 219 g/mol. The van der Waals surface area contributed by atoms with E-state index in [4.69, 9.17) is 11.6 Å². The van der Waals surface area contributed by atoms with Crippen molar-refractivity contribution in [2.75, 3.05) is 0 Å². The molecule has 15 heavy (non-hydrogen) atoms. The molecule has 1 aromatic carbocycles. The van der Waals surface area contributed by atoms with E-state index in [9.17, 15) is 9.18 Å². The number of carbonyl (C=O) groups is 1. The first-order valence-electron chi connectivity index (χ1n) is 4.16. The molecule has 0 unspecified atom stereocenters. The molecule has 0 fully saturated rings. The molecule has 0 N–H and O–H groups in total. The van der Waals surface area contributed by atoms with Gasteiger partial charge in [0.15, 0.2) is 12.1 Å². The molecule has 0 saturated heterocycles. The number of halogens is 2. The number of aromatic nitrogens is 2. The van der Waals surface area contributed by atoms with Gasteiger partial charge in [-0.2, -0.15) is 5.10 Å². The number of hydrogen-bond donors (Lipinski definition) is 0. The molecule has 1 aromatic heterocycles. The molecule has 0 bridgehead atoms. The van der Waals surface area contributed by atoms with Crippen LogP contribution in [0.15, 0.2) is 30.6 Å². The summed E-state index contributed by atoms with van der Waals surface area (Å²) in [6, 6.07) is 4.59. The van der Waals surface area contributed by atoms with Crippen molar-refractivity contribution in [2.45, 2.75) is 0 Å². The standard InChI is InChI=1S/C10H6ClFN2O/c11-8-2-1-3-9(10(8)12)14-5-7(6-15)4-13-14/h1-6H. The van der Waals surface area contributed by atoms with Crippen molar-refractivity contribution >= 4 is 17.9 Å². The van der Waals surface area contributed by atoms with Crippen molar-refractivity contribution in [3.05, 3.63) is 47.0 Å². The lowest BCUT2D eigenvalue weighted by Gasteiger charge is -2.03. The highest BCUT2D eigenvalue weighted by molar-refractivity contribution is 6.30. The van der Waals surface area contributed by atoms with Gasteiger partial charge in [0.2, 0.25) is 0 Å². The zero-order valence-electron chi connectivity index (χ0n) is 7.52. The smallest absolute Gasteiger partial charge is 0.167 e. The predicted octanol–water partition coefficient (Wildman–Crippen LogP) is 2.48. The van der Waals surface area contributed by atoms with Crippen LogP contribution in [0.4, 0.5) is 4.39 Å². The molecule has 1 heterocycles. The van der Waals surface area contributed by atoms with E-state index in [0.29, 0.717) is 11.8 Å². The van der Waals surface area contributed by atoms with Crippen molar-refractivity contribution in [2.24, 2.45) is 0 Å². The zero-order valence-corrected chi connectivity index (χ0v) is 8.28. The van der Waals surface area contributed by atoms with Crippen LogP contribution in [0.25, 0.3) is 5.69 Å². The third-order valence-electron chi connectivity index (χ3n) is 1.92. The van der Waals surface area contributed by atoms with Crippen LogP contribution >= 0.6 is 11.6 Å². The highest BCUT2D eigenvalue weighted by Crippen LogP contribution is 2.20. The normalized spacial score (nSPS) is 10.3. The molecule has 5 heteroatoms. The van der Waals surface area contributed by atoms with Crippen LogP contribution < -0.4 is 0 Å². The Balaban J connectivity index is 2.53. The number of rotatable bonds is 2. The van der Waals surface area contributed by atoms with Gasteiger partial charge in [0.25, 0.3) is 0 Å². The van der Waals surface area contributed by atoms with Gasteiger partial charge >= 0.3 is 0 Å². The second kappa shape index (κ2) is 3.82. The number of benzene rings is 1. The van der Waals surface area contributed by atoms with Crippen LogP contribution in [0.3, 0.4) is 0 Å². The first kappa shape index (κ1) is 9.86. The number of hydrogen-bond acceptors (Lipinski definition) is 2. The molecule has 0 saturated carbocycles. The Morgan fingerprint density at radius 3 is 2.93 bits per heavy atom. The zero-order chi connectivity index (χ0) is 10.8. The molecule has 0 aliphatic heterocycles. The molecule has 0 atom stereocenters. The lowest BCUT2D eigenvalue weighted by Crippen LogP contribution is -1.98. The second-order valence-corrected chi connectivity index (χ2v) is 3.32. The average molecular weight is 225 g/mol. The Morgan fingerprint density at radius 1 is 1.47 bits per heavy atom. The van der Waals surface area contributed by atoms with E-state index < -0.39 is 5.82 Å². The van der Waals surface area contributed by atoms with Gasteiger partial charge in [0.1, 0.15) is 5.69 Å². The molecule has 2 aromatic rings. The van der Waals surface area contributed by atoms with Crippen molar-refractivity contribution in [1.29, 1.82) is 0 Å². The van der Waals surface area contributed by atoms with Gasteiger partial charge in [0.05, 0.1) is 16.8 Å². The van der Waals surface area contributed by atoms with Crippen LogP contribution in [0, 0.1) is 5.82 Å². The minimum atomic E-state index is -0.556. The summed E-state index contributed by atoms with van der Waals surface area (Å²) in [7, 11) is 0. The van der Waals surface area contributed by atoms with Crippen LogP contribution in [0.5, 0.6) is 0 Å². The first-order valence-corrected chi connectivity index (χ1v) is 4.54. The summed E-state index contributed by atoms with van der Waals surface area (Å²) in [6.45, 7) is 0. The summed E-state index contributed by atoms with van der Waals surface area (Å²) in [4.78, 5) is 10.4. The van der Waals surface area contributed by atoms with Crippen molar-refractivity contribution in [3.8, 4) is 5.69 Å². The maximum absolute atomic E-state index is 13.5. The molecule has 2 rings (SSSR count). The van der Waals surface area contributed by atoms with Gasteiger partial charge < -0.3 is 0 Å². The summed E-state index contributed by atoms with van der Waals surface area (Å²) in [5.41, 5.74) is 0.602. The molecule has 0 amide bonds. The SMILES string of the molecule is O=Cc1cnn(-c2cccc(Cl)c2F)c1. The monoisotopic (exact) mass is 224 g/mol. The first-order chi connectivity index (χ1) is 7.22. The molecular formula is C10H6ClFN2O. The van der Waals surface area contributed by atoms with E-state index >= 15 is 0 Å². The van der Waals surface area contributed by atoms with Gasteiger partial charge in [-0.15, -0.1) is 0 Å². The van der Waals surface area contributed by atoms with Gasteiger partial charge in [0, 0.05) is 6.20 Å². The minimum absolute atomic E-state index is 0.0238. The van der Waals surface area contributed by atoms with Crippen molar-refractivity contribution < 1.29 is 9.18 Å². The lowest BCUT2D eigenvalue weighted by atomic mass is 10.3. The highest BCUT2D eigenvalue weighted by atomic mass is 35.5. The number of aldehydes is 1. The maximum Gasteiger partial charge on any atom is 0.167 e. The van der Waals surface area contributed by atoms with Crippen LogP contribution in [-0.2, 0) is 0 Å². The fourth-order valence-electron chi connectivity index (χ4n) is 1.20. The summed E-state index contributed by atoms with van der Waals surface area (Å²) in [5, 5.41) is 3.87. The second-order valence-electron chi connectivity index (χ2n) is 2.91. The van der Waals surface area contributed by atoms with E-state index in [0.717, 1.165) is 0 Å². The fraction of sp³-hybridized carbons (Fsp3) is 0. The molecule has 0 spiro atoms. The molecule has 76 valence electrons. The number of nitrogens with zero attached hydrogens (tertiary/aromatic N) is 2. The Bertz CT molecular complexity index is 510. The Hall–Kier alpha value is -1.68. The van der Waals surface area contributed by atoms with E-state index in [1.807, 2.05) is 0 Å². The lowest BCUT2D eigenvalue weighted by molar-refractivity contribution is 0.112. The maximum atomic E-state index is 13.5. The third-order valence-corrected chi connectivity index (χ3v) is 2.21. The van der Waals surface area contributed by atoms with E-state index in [1.54, 1.807) is 6.07 Å². The molecule has 0 aliphatic rings. The topological polar surface area (TPSA) is 34.9 Å². The quantitative estimate of drug-likeness (QED) is 0.735. The third kappa shape index (κ3) is 1.76.